The van der Waals surface area contributed by atoms with Gasteiger partial charge in [0.15, 0.2) is 6.79 Å². The normalized spacial score (nSPS) is 11.8. The number of fused-ring (bicyclic) bond motifs is 2. The maximum absolute atomic E-state index is 12.7. The zero-order valence-electron chi connectivity index (χ0n) is 32.9. The summed E-state index contributed by atoms with van der Waals surface area (Å²) in [4.78, 5) is 23.8. The summed E-state index contributed by atoms with van der Waals surface area (Å²) in [6, 6.07) is 19.8. The van der Waals surface area contributed by atoms with Crippen LogP contribution in [0.4, 0.5) is 10.5 Å². The number of anilines is 1. The van der Waals surface area contributed by atoms with Gasteiger partial charge in [-0.25, -0.2) is 14.8 Å². The summed E-state index contributed by atoms with van der Waals surface area (Å²) in [5.41, 5.74) is 8.03. The summed E-state index contributed by atoms with van der Waals surface area (Å²) in [6.45, 7) is 14.6. The number of aryl methyl sites for hydroxylation is 3. The SMILES string of the molecule is CCCc1cc2sc(/C=C/c3ccc(O)c(Br)c3)nc2cc1C.CCN(C(=O)OC(C)(C)C)c1cc2sc(/C=C/c3ccc(OCOC)c(Br)c3)nc2cc1C. The molecule has 0 radical (unpaired) electrons. The molecule has 0 bridgehead atoms. The van der Waals surface area contributed by atoms with Crippen LogP contribution in [-0.4, -0.2) is 47.2 Å². The quantitative estimate of drug-likeness (QED) is 0.129. The highest BCUT2D eigenvalue weighted by Crippen LogP contribution is 2.33. The van der Waals surface area contributed by atoms with Gasteiger partial charge in [0.25, 0.3) is 0 Å². The van der Waals surface area contributed by atoms with E-state index in [1.807, 2.05) is 101 Å². The van der Waals surface area contributed by atoms with Crippen molar-refractivity contribution in [1.29, 1.82) is 0 Å². The van der Waals surface area contributed by atoms with Gasteiger partial charge in [0, 0.05) is 13.7 Å². The largest absolute Gasteiger partial charge is 0.507 e. The number of carbonyl (C=O) groups excluding carboxylic acids is 1. The monoisotopic (exact) mass is 919 g/mol. The molecule has 0 saturated carbocycles. The van der Waals surface area contributed by atoms with E-state index in [1.54, 1.807) is 40.7 Å². The average Bonchev–Trinajstić information content (AvgIpc) is 3.73. The molecule has 0 aliphatic heterocycles. The van der Waals surface area contributed by atoms with Gasteiger partial charge in [-0.1, -0.05) is 37.6 Å². The Kier molecular flexibility index (Phi) is 14.9. The molecule has 294 valence electrons. The predicted molar refractivity (Wildman–Crippen MR) is 242 cm³/mol. The first-order chi connectivity index (χ1) is 26.7. The van der Waals surface area contributed by atoms with Crippen molar-refractivity contribution in [3.05, 3.63) is 107 Å². The molecule has 56 heavy (non-hydrogen) atoms. The van der Waals surface area contributed by atoms with Crippen LogP contribution >= 0.6 is 54.5 Å². The minimum Gasteiger partial charge on any atom is -0.507 e. The van der Waals surface area contributed by atoms with Crippen molar-refractivity contribution in [2.24, 2.45) is 0 Å². The average molecular weight is 922 g/mol. The van der Waals surface area contributed by atoms with Gasteiger partial charge in [-0.05, 0) is 168 Å². The van der Waals surface area contributed by atoms with E-state index in [0.29, 0.717) is 11.0 Å². The van der Waals surface area contributed by atoms with Gasteiger partial charge < -0.3 is 19.3 Å². The van der Waals surface area contributed by atoms with Gasteiger partial charge in [0.1, 0.15) is 27.1 Å². The summed E-state index contributed by atoms with van der Waals surface area (Å²) in [5, 5.41) is 11.4. The molecular weight excluding hydrogens is 874 g/mol. The minimum atomic E-state index is -0.548. The van der Waals surface area contributed by atoms with Gasteiger partial charge in [-0.3, -0.25) is 4.90 Å². The number of methoxy groups -OCH3 is 1. The maximum Gasteiger partial charge on any atom is 0.414 e. The number of phenolic OH excluding ortho intramolecular Hbond substituents is 1. The van der Waals surface area contributed by atoms with E-state index in [9.17, 15) is 9.90 Å². The van der Waals surface area contributed by atoms with Crippen molar-refractivity contribution in [2.75, 3.05) is 25.3 Å². The second kappa shape index (κ2) is 19.4. The third-order valence-corrected chi connectivity index (χ3v) is 11.6. The molecule has 1 N–H and O–H groups in total. The number of halogens is 2. The molecule has 6 aromatic rings. The Labute approximate surface area is 354 Å². The predicted octanol–water partition coefficient (Wildman–Crippen LogP) is 13.5. The van der Waals surface area contributed by atoms with Crippen molar-refractivity contribution < 1.29 is 24.1 Å². The molecule has 6 rings (SSSR count). The summed E-state index contributed by atoms with van der Waals surface area (Å²) in [5.74, 6) is 0.975. The number of phenols is 1. The minimum absolute atomic E-state index is 0.199. The van der Waals surface area contributed by atoms with Gasteiger partial charge >= 0.3 is 6.09 Å². The lowest BCUT2D eigenvalue weighted by Gasteiger charge is -2.27. The summed E-state index contributed by atoms with van der Waals surface area (Å²) in [6.07, 6.45) is 9.97. The van der Waals surface area contributed by atoms with Crippen LogP contribution in [-0.2, 0) is 15.9 Å². The number of aromatic nitrogens is 2. The number of aromatic hydroxyl groups is 1. The van der Waals surface area contributed by atoms with Crippen molar-refractivity contribution in [1.82, 2.24) is 9.97 Å². The van der Waals surface area contributed by atoms with Gasteiger partial charge in [0.2, 0.25) is 0 Å². The van der Waals surface area contributed by atoms with E-state index in [0.717, 1.165) is 71.2 Å². The fourth-order valence-electron chi connectivity index (χ4n) is 5.73. The zero-order chi connectivity index (χ0) is 40.6. The second-order valence-corrected chi connectivity index (χ2v) is 17.9. The fourth-order valence-corrected chi connectivity index (χ4v) is 8.44. The van der Waals surface area contributed by atoms with E-state index in [2.05, 4.69) is 57.8 Å². The van der Waals surface area contributed by atoms with Crippen LogP contribution in [0.25, 0.3) is 44.7 Å². The number of benzene rings is 4. The van der Waals surface area contributed by atoms with Gasteiger partial charge in [-0.15, -0.1) is 22.7 Å². The first-order valence-corrected chi connectivity index (χ1v) is 21.5. The molecule has 1 amide bonds. The number of ether oxygens (including phenoxy) is 3. The third kappa shape index (κ3) is 11.5. The van der Waals surface area contributed by atoms with Crippen LogP contribution in [0.5, 0.6) is 11.5 Å². The summed E-state index contributed by atoms with van der Waals surface area (Å²) < 4.78 is 19.8. The lowest BCUT2D eigenvalue weighted by molar-refractivity contribution is 0.0505. The molecule has 0 spiro atoms. The highest BCUT2D eigenvalue weighted by molar-refractivity contribution is 9.11. The second-order valence-electron chi connectivity index (χ2n) is 14.0. The molecule has 0 atom stereocenters. The molecule has 0 unspecified atom stereocenters. The maximum atomic E-state index is 12.7. The lowest BCUT2D eigenvalue weighted by Crippen LogP contribution is -2.37. The highest BCUT2D eigenvalue weighted by atomic mass is 79.9. The number of nitrogens with zero attached hydrogens (tertiary/aromatic N) is 3. The Balaban J connectivity index is 0.000000228. The molecule has 2 aromatic heterocycles. The molecule has 4 aromatic carbocycles. The molecule has 0 aliphatic rings. The number of hydrogen-bond donors (Lipinski definition) is 1. The number of carbonyl (C=O) groups is 1. The lowest BCUT2D eigenvalue weighted by atomic mass is 10.0. The third-order valence-electron chi connectivity index (χ3n) is 8.42. The smallest absolute Gasteiger partial charge is 0.414 e. The Hall–Kier alpha value is -4.07. The van der Waals surface area contributed by atoms with Gasteiger partial charge in [-0.2, -0.15) is 0 Å². The van der Waals surface area contributed by atoms with Crippen LogP contribution < -0.4 is 9.64 Å². The van der Waals surface area contributed by atoms with E-state index in [-0.39, 0.29) is 18.6 Å². The van der Waals surface area contributed by atoms with E-state index in [1.165, 1.54) is 15.8 Å². The first-order valence-electron chi connectivity index (χ1n) is 18.3. The van der Waals surface area contributed by atoms with Crippen LogP contribution in [0.15, 0.2) is 69.6 Å². The zero-order valence-corrected chi connectivity index (χ0v) is 37.7. The van der Waals surface area contributed by atoms with Crippen molar-refractivity contribution >= 4 is 111 Å². The van der Waals surface area contributed by atoms with Crippen LogP contribution in [0.1, 0.15) is 78.9 Å². The van der Waals surface area contributed by atoms with Crippen molar-refractivity contribution in [3.63, 3.8) is 0 Å². The van der Waals surface area contributed by atoms with Crippen molar-refractivity contribution in [2.45, 2.75) is 66.9 Å². The molecule has 0 saturated heterocycles. The summed E-state index contributed by atoms with van der Waals surface area (Å²) >= 11 is 10.2. The number of rotatable bonds is 11. The van der Waals surface area contributed by atoms with Crippen LogP contribution in [0.2, 0.25) is 0 Å². The topological polar surface area (TPSA) is 94.0 Å². The molecule has 0 fully saturated rings. The number of hydrogen-bond acceptors (Lipinski definition) is 9. The van der Waals surface area contributed by atoms with E-state index in [4.69, 9.17) is 24.2 Å². The molecule has 2 heterocycles. The standard InChI is InChI=1S/C25H29BrN2O4S.C19H18BrNOS/c1-7-28(24(29)32-25(3,4)5)20-14-22-19(12-16(20)2)27-23(33-22)11-9-17-8-10-21(18(26)13-17)31-15-30-6;1-3-4-14-11-18-16(9-12(14)2)21-19(23-18)8-6-13-5-7-17(22)15(20)10-13/h8-14H,7,15H2,1-6H3;5-11,22H,3-4H2,1-2H3/b11-9+;8-6+. The Morgan fingerprint density at radius 2 is 1.41 bits per heavy atom. The molecule has 8 nitrogen and oxygen atoms in total. The highest BCUT2D eigenvalue weighted by Gasteiger charge is 2.24. The molecule has 0 aliphatic carbocycles. The fraction of sp³-hybridized carbons (Fsp3) is 0.295. The van der Waals surface area contributed by atoms with E-state index < -0.39 is 5.60 Å². The summed E-state index contributed by atoms with van der Waals surface area (Å²) in [7, 11) is 1.59. The Morgan fingerprint density at radius 3 is 1.96 bits per heavy atom. The first kappa shape index (κ1) is 43.1. The van der Waals surface area contributed by atoms with E-state index >= 15 is 0 Å². The molecule has 12 heteroatoms. The Bertz CT molecular complexity index is 2380. The molecular formula is C44H47Br2N3O5S2. The van der Waals surface area contributed by atoms with Crippen molar-refractivity contribution in [3.8, 4) is 11.5 Å². The van der Waals surface area contributed by atoms with Crippen LogP contribution in [0, 0.1) is 13.8 Å². The van der Waals surface area contributed by atoms with Gasteiger partial charge in [0.05, 0.1) is 35.1 Å². The number of amides is 1. The van der Waals surface area contributed by atoms with Crippen LogP contribution in [0.3, 0.4) is 0 Å². The Morgan fingerprint density at radius 1 is 0.821 bits per heavy atom. The number of thiazole rings is 2.